The zero-order valence-electron chi connectivity index (χ0n) is 10.3. The number of nitrogens with zero attached hydrogens (tertiary/aromatic N) is 3. The Kier molecular flexibility index (Phi) is 4.31. The molecule has 0 bridgehead atoms. The van der Waals surface area contributed by atoms with E-state index < -0.39 is 5.97 Å². The van der Waals surface area contributed by atoms with Crippen LogP contribution in [0.5, 0.6) is 0 Å². The number of carbonyl (C=O) groups excluding carboxylic acids is 1. The number of aromatic nitrogens is 3. The molecule has 1 aromatic carbocycles. The van der Waals surface area contributed by atoms with Crippen LogP contribution in [0.4, 0.5) is 5.69 Å². The Hall–Kier alpha value is -2.41. The third kappa shape index (κ3) is 3.79. The molecule has 2 aromatic rings. The van der Waals surface area contributed by atoms with E-state index in [1.165, 1.54) is 35.5 Å². The molecule has 1 amide bonds. The van der Waals surface area contributed by atoms with Crippen molar-refractivity contribution in [2.24, 2.45) is 0 Å². The van der Waals surface area contributed by atoms with Crippen LogP contribution in [0.2, 0.25) is 5.02 Å². The highest BCUT2D eigenvalue weighted by molar-refractivity contribution is 6.31. The van der Waals surface area contributed by atoms with Crippen LogP contribution in [0.15, 0.2) is 30.9 Å². The van der Waals surface area contributed by atoms with Gasteiger partial charge in [-0.1, -0.05) is 11.6 Å². The van der Waals surface area contributed by atoms with E-state index in [2.05, 4.69) is 15.4 Å². The fourth-order valence-corrected chi connectivity index (χ4v) is 1.81. The number of nitrogens with one attached hydrogen (secondary N) is 1. The minimum Gasteiger partial charge on any atom is -0.478 e. The number of hydrogen-bond donors (Lipinski definition) is 2. The highest BCUT2D eigenvalue weighted by atomic mass is 35.5. The summed E-state index contributed by atoms with van der Waals surface area (Å²) in [6.07, 6.45) is 3.08. The molecule has 104 valence electrons. The lowest BCUT2D eigenvalue weighted by atomic mass is 10.2. The third-order valence-corrected chi connectivity index (χ3v) is 2.68. The van der Waals surface area contributed by atoms with Crippen LogP contribution in [-0.4, -0.2) is 31.7 Å². The van der Waals surface area contributed by atoms with Gasteiger partial charge in [0.1, 0.15) is 12.7 Å². The average Bonchev–Trinajstić information content (AvgIpc) is 2.88. The van der Waals surface area contributed by atoms with Gasteiger partial charge < -0.3 is 10.4 Å². The maximum atomic E-state index is 11.7. The summed E-state index contributed by atoms with van der Waals surface area (Å²) in [7, 11) is 0. The van der Waals surface area contributed by atoms with E-state index in [9.17, 15) is 9.59 Å². The summed E-state index contributed by atoms with van der Waals surface area (Å²) >= 11 is 5.80. The Labute approximate surface area is 119 Å². The van der Waals surface area contributed by atoms with Gasteiger partial charge in [-0.15, -0.1) is 0 Å². The number of aromatic carboxylic acids is 1. The summed E-state index contributed by atoms with van der Waals surface area (Å²) in [6.45, 7) is 0.387. The molecule has 0 radical (unpaired) electrons. The van der Waals surface area contributed by atoms with Crippen LogP contribution in [0.25, 0.3) is 0 Å². The van der Waals surface area contributed by atoms with Gasteiger partial charge in [0.15, 0.2) is 0 Å². The molecule has 20 heavy (non-hydrogen) atoms. The molecule has 2 N–H and O–H groups in total. The summed E-state index contributed by atoms with van der Waals surface area (Å²) in [5, 5.41) is 15.6. The van der Waals surface area contributed by atoms with Gasteiger partial charge in [-0.3, -0.25) is 9.48 Å². The summed E-state index contributed by atoms with van der Waals surface area (Å²) in [6, 6.07) is 4.15. The minimum atomic E-state index is -1.11. The molecule has 0 aliphatic carbocycles. The number of aryl methyl sites for hydroxylation is 1. The van der Waals surface area contributed by atoms with Crippen molar-refractivity contribution in [3.63, 3.8) is 0 Å². The first-order chi connectivity index (χ1) is 9.54. The largest absolute Gasteiger partial charge is 0.478 e. The molecule has 0 saturated carbocycles. The molecule has 2 rings (SSSR count). The van der Waals surface area contributed by atoms with E-state index in [4.69, 9.17) is 16.7 Å². The van der Waals surface area contributed by atoms with Crippen LogP contribution in [-0.2, 0) is 11.3 Å². The van der Waals surface area contributed by atoms with Crippen molar-refractivity contribution in [3.05, 3.63) is 41.4 Å². The lowest BCUT2D eigenvalue weighted by Gasteiger charge is -2.07. The van der Waals surface area contributed by atoms with Gasteiger partial charge >= 0.3 is 5.97 Å². The number of amides is 1. The molecular formula is C12H11ClN4O3. The van der Waals surface area contributed by atoms with Gasteiger partial charge in [0.25, 0.3) is 0 Å². The average molecular weight is 295 g/mol. The van der Waals surface area contributed by atoms with E-state index in [1.54, 1.807) is 0 Å². The maximum absolute atomic E-state index is 11.7. The van der Waals surface area contributed by atoms with Gasteiger partial charge in [-0.2, -0.15) is 5.10 Å². The molecule has 0 fully saturated rings. The standard InChI is InChI=1S/C12H11ClN4O3/c13-9-3-8(12(19)20)4-10(5-9)16-11(18)1-2-17-7-14-6-15-17/h3-7H,1-2H2,(H,16,18)(H,19,20). The molecule has 7 nitrogen and oxygen atoms in total. The monoisotopic (exact) mass is 294 g/mol. The SMILES string of the molecule is O=C(CCn1cncn1)Nc1cc(Cl)cc(C(=O)O)c1. The van der Waals surface area contributed by atoms with Crippen LogP contribution in [0, 0.1) is 0 Å². The molecule has 0 saturated heterocycles. The molecule has 8 heteroatoms. The summed E-state index contributed by atoms with van der Waals surface area (Å²) in [5.74, 6) is -1.37. The lowest BCUT2D eigenvalue weighted by molar-refractivity contribution is -0.116. The second kappa shape index (κ2) is 6.16. The first-order valence-electron chi connectivity index (χ1n) is 5.71. The van der Waals surface area contributed by atoms with Crippen LogP contribution >= 0.6 is 11.6 Å². The zero-order chi connectivity index (χ0) is 14.5. The number of anilines is 1. The van der Waals surface area contributed by atoms with Crippen molar-refractivity contribution in [2.45, 2.75) is 13.0 Å². The zero-order valence-corrected chi connectivity index (χ0v) is 11.0. The number of carbonyl (C=O) groups is 2. The number of carboxylic acids is 1. The fraction of sp³-hybridized carbons (Fsp3) is 0.167. The van der Waals surface area contributed by atoms with E-state index in [0.29, 0.717) is 12.2 Å². The number of halogens is 1. The minimum absolute atomic E-state index is 0.0177. The molecule has 1 heterocycles. The van der Waals surface area contributed by atoms with Gasteiger partial charge in [-0.05, 0) is 18.2 Å². The molecule has 1 aromatic heterocycles. The molecular weight excluding hydrogens is 284 g/mol. The summed E-state index contributed by atoms with van der Waals surface area (Å²) < 4.78 is 1.53. The smallest absolute Gasteiger partial charge is 0.335 e. The fourth-order valence-electron chi connectivity index (χ4n) is 1.57. The summed E-state index contributed by atoms with van der Waals surface area (Å²) in [5.41, 5.74) is 0.363. The Balaban J connectivity index is 1.98. The quantitative estimate of drug-likeness (QED) is 0.874. The topological polar surface area (TPSA) is 97.1 Å². The molecule has 0 aliphatic rings. The highest BCUT2D eigenvalue weighted by Crippen LogP contribution is 2.19. The van der Waals surface area contributed by atoms with Gasteiger partial charge in [-0.25, -0.2) is 9.78 Å². The first kappa shape index (κ1) is 14.0. The number of rotatable bonds is 5. The Bertz CT molecular complexity index is 628. The van der Waals surface area contributed by atoms with E-state index >= 15 is 0 Å². The predicted molar refractivity (Wildman–Crippen MR) is 71.7 cm³/mol. The van der Waals surface area contributed by atoms with Crippen molar-refractivity contribution >= 4 is 29.2 Å². The van der Waals surface area contributed by atoms with E-state index in [0.717, 1.165) is 0 Å². The van der Waals surface area contributed by atoms with E-state index in [1.807, 2.05) is 0 Å². The van der Waals surface area contributed by atoms with Crippen LogP contribution in [0.3, 0.4) is 0 Å². The molecule has 0 unspecified atom stereocenters. The van der Waals surface area contributed by atoms with Crippen LogP contribution in [0.1, 0.15) is 16.8 Å². The van der Waals surface area contributed by atoms with Gasteiger partial charge in [0, 0.05) is 17.1 Å². The van der Waals surface area contributed by atoms with Crippen molar-refractivity contribution in [1.29, 1.82) is 0 Å². The normalized spacial score (nSPS) is 10.2. The van der Waals surface area contributed by atoms with Crippen molar-refractivity contribution in [1.82, 2.24) is 14.8 Å². The lowest BCUT2D eigenvalue weighted by Crippen LogP contribution is -2.15. The predicted octanol–water partition coefficient (Wildman–Crippen LogP) is 1.66. The third-order valence-electron chi connectivity index (χ3n) is 2.46. The van der Waals surface area contributed by atoms with E-state index in [-0.39, 0.29) is 22.9 Å². The molecule has 0 atom stereocenters. The first-order valence-corrected chi connectivity index (χ1v) is 6.08. The number of benzene rings is 1. The highest BCUT2D eigenvalue weighted by Gasteiger charge is 2.09. The van der Waals surface area contributed by atoms with Gasteiger partial charge in [0.2, 0.25) is 5.91 Å². The second-order valence-corrected chi connectivity index (χ2v) is 4.43. The second-order valence-electron chi connectivity index (χ2n) is 3.99. The molecule has 0 aliphatic heterocycles. The Morgan fingerprint density at radius 3 is 2.80 bits per heavy atom. The van der Waals surface area contributed by atoms with Crippen LogP contribution < -0.4 is 5.32 Å². The van der Waals surface area contributed by atoms with Crippen molar-refractivity contribution in [2.75, 3.05) is 5.32 Å². The molecule has 0 spiro atoms. The Morgan fingerprint density at radius 1 is 1.35 bits per heavy atom. The van der Waals surface area contributed by atoms with Crippen molar-refractivity contribution < 1.29 is 14.7 Å². The number of hydrogen-bond acceptors (Lipinski definition) is 4. The maximum Gasteiger partial charge on any atom is 0.335 e. The number of carboxylic acid groups (broad SMARTS) is 1. The summed E-state index contributed by atoms with van der Waals surface area (Å²) in [4.78, 5) is 26.4. The Morgan fingerprint density at radius 2 is 2.15 bits per heavy atom. The van der Waals surface area contributed by atoms with Crippen molar-refractivity contribution in [3.8, 4) is 0 Å². The van der Waals surface area contributed by atoms with Gasteiger partial charge in [0.05, 0.1) is 12.1 Å².